The van der Waals surface area contributed by atoms with Gasteiger partial charge in [-0.1, -0.05) is 41.5 Å². The van der Waals surface area contributed by atoms with E-state index in [4.69, 9.17) is 40.2 Å². The van der Waals surface area contributed by atoms with Gasteiger partial charge < -0.3 is 15.4 Å². The summed E-state index contributed by atoms with van der Waals surface area (Å²) < 4.78 is 5.30. The lowest BCUT2D eigenvalue weighted by atomic mass is 10.1. The summed E-state index contributed by atoms with van der Waals surface area (Å²) >= 11 is 16.9. The lowest BCUT2D eigenvalue weighted by Crippen LogP contribution is -2.33. The van der Waals surface area contributed by atoms with E-state index in [1.165, 1.54) is 0 Å². The number of amides is 1. The number of ether oxygens (including phenoxy) is 1. The highest BCUT2D eigenvalue weighted by atomic mass is 35.5. The second-order valence-corrected chi connectivity index (χ2v) is 8.19. The van der Waals surface area contributed by atoms with Gasteiger partial charge in [0.25, 0.3) is 5.91 Å². The predicted molar refractivity (Wildman–Crippen MR) is 116 cm³/mol. The van der Waals surface area contributed by atoms with Gasteiger partial charge in [0.1, 0.15) is 5.60 Å². The average Bonchev–Trinajstić information content (AvgIpc) is 2.61. The summed E-state index contributed by atoms with van der Waals surface area (Å²) in [6.45, 7) is 5.73. The maximum atomic E-state index is 12.2. The number of thiocarbonyl (C=S) groups is 1. The number of anilines is 1. The lowest BCUT2D eigenvalue weighted by Gasteiger charge is -2.19. The highest BCUT2D eigenvalue weighted by molar-refractivity contribution is 7.82. The molecule has 0 saturated carbocycles. The highest BCUT2D eigenvalue weighted by Gasteiger charge is 2.18. The molecule has 2 aromatic rings. The minimum atomic E-state index is -0.573. The molecule has 148 valence electrons. The van der Waals surface area contributed by atoms with Crippen molar-refractivity contribution in [3.63, 3.8) is 0 Å². The predicted octanol–water partition coefficient (Wildman–Crippen LogP) is 5.00. The summed E-state index contributed by atoms with van der Waals surface area (Å²) in [6.07, 6.45) is 0. The quantitative estimate of drug-likeness (QED) is 0.518. The van der Waals surface area contributed by atoms with Gasteiger partial charge in [0.2, 0.25) is 0 Å². The number of carbonyl (C=O) groups is 2. The van der Waals surface area contributed by atoms with E-state index >= 15 is 0 Å². The molecule has 0 fully saturated rings. The van der Waals surface area contributed by atoms with E-state index in [0.29, 0.717) is 27.8 Å². The van der Waals surface area contributed by atoms with Crippen molar-refractivity contribution in [2.24, 2.45) is 0 Å². The van der Waals surface area contributed by atoms with Gasteiger partial charge in [0, 0.05) is 12.2 Å². The molecule has 0 aliphatic carbocycles. The second-order valence-electron chi connectivity index (χ2n) is 6.96. The molecule has 2 N–H and O–H groups in total. The van der Waals surface area contributed by atoms with E-state index in [1.807, 2.05) is 0 Å². The van der Waals surface area contributed by atoms with Crippen LogP contribution in [0, 0.1) is 0 Å². The zero-order valence-corrected chi connectivity index (χ0v) is 18.0. The molecule has 0 heterocycles. The molecule has 0 aliphatic heterocycles. The first-order valence-corrected chi connectivity index (χ1v) is 9.58. The Morgan fingerprint density at radius 2 is 1.68 bits per heavy atom. The number of carbonyl (C=O) groups excluding carboxylic acids is 2. The van der Waals surface area contributed by atoms with Crippen LogP contribution in [0.1, 0.15) is 36.7 Å². The van der Waals surface area contributed by atoms with E-state index in [2.05, 4.69) is 10.6 Å². The number of nitrogens with one attached hydrogen (secondary N) is 2. The van der Waals surface area contributed by atoms with Gasteiger partial charge >= 0.3 is 5.97 Å². The molecule has 1 amide bonds. The van der Waals surface area contributed by atoms with Crippen LogP contribution in [0.25, 0.3) is 0 Å². The fourth-order valence-electron chi connectivity index (χ4n) is 2.13. The molecule has 2 aromatic carbocycles. The van der Waals surface area contributed by atoms with Crippen LogP contribution in [0.5, 0.6) is 0 Å². The molecule has 0 bridgehead atoms. The fourth-order valence-corrected chi connectivity index (χ4v) is 2.57. The minimum Gasteiger partial charge on any atom is -0.456 e. The van der Waals surface area contributed by atoms with Crippen molar-refractivity contribution in [1.29, 1.82) is 0 Å². The van der Waals surface area contributed by atoms with Crippen LogP contribution in [0.15, 0.2) is 42.5 Å². The Morgan fingerprint density at radius 3 is 2.25 bits per heavy atom. The maximum Gasteiger partial charge on any atom is 0.338 e. The average molecular weight is 439 g/mol. The van der Waals surface area contributed by atoms with Gasteiger partial charge in [-0.2, -0.15) is 0 Å². The largest absolute Gasteiger partial charge is 0.456 e. The molecule has 0 atom stereocenters. The van der Waals surface area contributed by atoms with Gasteiger partial charge in [0.15, 0.2) is 4.99 Å². The zero-order chi connectivity index (χ0) is 20.9. The number of esters is 1. The van der Waals surface area contributed by atoms with Crippen LogP contribution < -0.4 is 10.6 Å². The van der Waals surface area contributed by atoms with E-state index in [9.17, 15) is 9.59 Å². The SMILES string of the molecule is CC(C)(C)OC(=O)c1ccc(NC(=O)C(=S)NCc2ccc(Cl)c(Cl)c2)cc1. The Labute approximate surface area is 179 Å². The Bertz CT molecular complexity index is 893. The summed E-state index contributed by atoms with van der Waals surface area (Å²) in [7, 11) is 0. The molecule has 0 aromatic heterocycles. The number of hydrogen-bond donors (Lipinski definition) is 2. The van der Waals surface area contributed by atoms with Gasteiger partial charge in [-0.3, -0.25) is 4.79 Å². The third-order valence-corrected chi connectivity index (χ3v) is 4.49. The van der Waals surface area contributed by atoms with E-state index in [1.54, 1.807) is 63.2 Å². The number of halogens is 2. The molecule has 0 radical (unpaired) electrons. The molecular formula is C20H20Cl2N2O3S. The van der Waals surface area contributed by atoms with Gasteiger partial charge in [0.05, 0.1) is 15.6 Å². The van der Waals surface area contributed by atoms with Gasteiger partial charge in [-0.05, 0) is 62.7 Å². The summed E-state index contributed by atoms with van der Waals surface area (Å²) in [5.41, 5.74) is 1.17. The molecule has 8 heteroatoms. The Hall–Kier alpha value is -2.15. The third kappa shape index (κ3) is 6.78. The monoisotopic (exact) mass is 438 g/mol. The van der Waals surface area contributed by atoms with Crippen molar-refractivity contribution in [2.45, 2.75) is 32.9 Å². The molecular weight excluding hydrogens is 419 g/mol. The standard InChI is InChI=1S/C20H20Cl2N2O3S/c1-20(2,3)27-19(26)13-5-7-14(8-6-13)24-17(25)18(28)23-11-12-4-9-15(21)16(22)10-12/h4-10H,11H2,1-3H3,(H,23,28)(H,24,25). The van der Waals surface area contributed by atoms with Crippen LogP contribution in [0.3, 0.4) is 0 Å². The zero-order valence-electron chi connectivity index (χ0n) is 15.6. The van der Waals surface area contributed by atoms with E-state index in [-0.39, 0.29) is 4.99 Å². The first-order valence-electron chi connectivity index (χ1n) is 8.42. The Morgan fingerprint density at radius 1 is 1.04 bits per heavy atom. The molecule has 0 saturated heterocycles. The summed E-state index contributed by atoms with van der Waals surface area (Å²) in [5.74, 6) is -0.885. The second kappa shape index (κ2) is 9.37. The van der Waals surface area contributed by atoms with Crippen molar-refractivity contribution in [1.82, 2.24) is 5.32 Å². The van der Waals surface area contributed by atoms with Crippen LogP contribution in [-0.4, -0.2) is 22.5 Å². The van der Waals surface area contributed by atoms with Crippen molar-refractivity contribution < 1.29 is 14.3 Å². The smallest absolute Gasteiger partial charge is 0.338 e. The lowest BCUT2D eigenvalue weighted by molar-refractivity contribution is -0.110. The molecule has 28 heavy (non-hydrogen) atoms. The van der Waals surface area contributed by atoms with Crippen LogP contribution in [-0.2, 0) is 16.1 Å². The molecule has 2 rings (SSSR count). The third-order valence-electron chi connectivity index (χ3n) is 3.42. The van der Waals surface area contributed by atoms with Gasteiger partial charge in [-0.25, -0.2) is 4.79 Å². The number of hydrogen-bond acceptors (Lipinski definition) is 4. The first kappa shape index (κ1) is 22.1. The fraction of sp³-hybridized carbons (Fsp3) is 0.250. The normalized spacial score (nSPS) is 10.9. The van der Waals surface area contributed by atoms with Crippen LogP contribution >= 0.6 is 35.4 Å². The van der Waals surface area contributed by atoms with Crippen molar-refractivity contribution in [3.05, 3.63) is 63.6 Å². The summed E-state index contributed by atoms with van der Waals surface area (Å²) in [6, 6.07) is 11.5. The Kier molecular flexibility index (Phi) is 7.41. The van der Waals surface area contributed by atoms with Crippen molar-refractivity contribution >= 4 is 58.0 Å². The van der Waals surface area contributed by atoms with Crippen LogP contribution in [0.2, 0.25) is 10.0 Å². The summed E-state index contributed by atoms with van der Waals surface area (Å²) in [5, 5.41) is 6.43. The molecule has 0 unspecified atom stereocenters. The summed E-state index contributed by atoms with van der Waals surface area (Å²) in [4.78, 5) is 24.2. The van der Waals surface area contributed by atoms with Crippen molar-refractivity contribution in [2.75, 3.05) is 5.32 Å². The Balaban J connectivity index is 1.90. The minimum absolute atomic E-state index is 0.0299. The van der Waals surface area contributed by atoms with E-state index in [0.717, 1.165) is 5.56 Å². The number of rotatable bonds is 4. The van der Waals surface area contributed by atoms with Crippen molar-refractivity contribution in [3.8, 4) is 0 Å². The first-order chi connectivity index (χ1) is 13.0. The topological polar surface area (TPSA) is 67.4 Å². The number of benzene rings is 2. The molecule has 0 spiro atoms. The molecule has 5 nitrogen and oxygen atoms in total. The maximum absolute atomic E-state index is 12.2. The highest BCUT2D eigenvalue weighted by Crippen LogP contribution is 2.22. The van der Waals surface area contributed by atoms with E-state index < -0.39 is 17.5 Å². The van der Waals surface area contributed by atoms with Gasteiger partial charge in [-0.15, -0.1) is 0 Å². The van der Waals surface area contributed by atoms with Crippen LogP contribution in [0.4, 0.5) is 5.69 Å². The molecule has 0 aliphatic rings.